The second kappa shape index (κ2) is 6.37. The van der Waals surface area contributed by atoms with E-state index < -0.39 is 6.36 Å². The fourth-order valence-electron chi connectivity index (χ4n) is 1.95. The summed E-state index contributed by atoms with van der Waals surface area (Å²) >= 11 is 6.06. The molecule has 0 saturated carbocycles. The van der Waals surface area contributed by atoms with Crippen molar-refractivity contribution in [1.29, 1.82) is 0 Å². The lowest BCUT2D eigenvalue weighted by atomic mass is 10.0. The zero-order valence-electron chi connectivity index (χ0n) is 11.0. The Hall–Kier alpha value is -1.72. The summed E-state index contributed by atoms with van der Waals surface area (Å²) in [7, 11) is 0. The topological polar surface area (TPSA) is 35.2 Å². The highest BCUT2D eigenvalue weighted by atomic mass is 35.5. The summed E-state index contributed by atoms with van der Waals surface area (Å²) in [5, 5.41) is 0.626. The number of hydrogen-bond acceptors (Lipinski definition) is 2. The first-order valence-corrected chi connectivity index (χ1v) is 6.61. The fraction of sp³-hybridized carbons (Fsp3) is 0.200. The predicted octanol–water partition coefficient (Wildman–Crippen LogP) is 4.41. The van der Waals surface area contributed by atoms with Crippen LogP contribution in [-0.4, -0.2) is 12.9 Å². The van der Waals surface area contributed by atoms with Crippen molar-refractivity contribution in [3.63, 3.8) is 0 Å². The summed E-state index contributed by atoms with van der Waals surface area (Å²) in [6, 6.07) is 11.1. The largest absolute Gasteiger partial charge is 0.573 e. The standard InChI is InChI=1S/C15H13ClF3NO/c16-14-6-3-11(9-12(14)7-8-20)10-1-4-13(5-2-10)21-15(17,18)19/h1-6,9H,7-8,20H2. The first-order valence-electron chi connectivity index (χ1n) is 6.24. The van der Waals surface area contributed by atoms with Crippen LogP contribution in [0.25, 0.3) is 11.1 Å². The molecule has 0 saturated heterocycles. The van der Waals surface area contributed by atoms with Gasteiger partial charge in [-0.15, -0.1) is 13.2 Å². The van der Waals surface area contributed by atoms with E-state index in [1.165, 1.54) is 12.1 Å². The van der Waals surface area contributed by atoms with E-state index in [0.717, 1.165) is 16.7 Å². The average molecular weight is 316 g/mol. The van der Waals surface area contributed by atoms with E-state index >= 15 is 0 Å². The van der Waals surface area contributed by atoms with E-state index in [4.69, 9.17) is 17.3 Å². The normalized spacial score (nSPS) is 11.5. The van der Waals surface area contributed by atoms with Crippen LogP contribution in [0, 0.1) is 0 Å². The molecule has 21 heavy (non-hydrogen) atoms. The van der Waals surface area contributed by atoms with Crippen LogP contribution in [-0.2, 0) is 6.42 Å². The second-order valence-corrected chi connectivity index (χ2v) is 4.82. The van der Waals surface area contributed by atoms with Gasteiger partial charge >= 0.3 is 6.36 Å². The number of rotatable bonds is 4. The highest BCUT2D eigenvalue weighted by Gasteiger charge is 2.30. The van der Waals surface area contributed by atoms with Gasteiger partial charge in [0.05, 0.1) is 0 Å². The van der Waals surface area contributed by atoms with Gasteiger partial charge in [0.2, 0.25) is 0 Å². The Morgan fingerprint density at radius 1 is 1.00 bits per heavy atom. The first-order chi connectivity index (χ1) is 9.89. The van der Waals surface area contributed by atoms with Crippen molar-refractivity contribution in [3.05, 3.63) is 53.1 Å². The van der Waals surface area contributed by atoms with Gasteiger partial charge in [-0.1, -0.05) is 29.8 Å². The van der Waals surface area contributed by atoms with Gasteiger partial charge in [-0.05, 0) is 53.9 Å². The summed E-state index contributed by atoms with van der Waals surface area (Å²) in [5.74, 6) is -0.248. The Labute approximate surface area is 125 Å². The third-order valence-corrected chi connectivity index (χ3v) is 3.25. The number of halogens is 4. The maximum atomic E-state index is 12.1. The van der Waals surface area contributed by atoms with Gasteiger partial charge in [0.15, 0.2) is 0 Å². The van der Waals surface area contributed by atoms with Crippen molar-refractivity contribution >= 4 is 11.6 Å². The molecule has 0 aromatic heterocycles. The van der Waals surface area contributed by atoms with Gasteiger partial charge in [-0.2, -0.15) is 0 Å². The van der Waals surface area contributed by atoms with Crippen molar-refractivity contribution in [2.75, 3.05) is 6.54 Å². The number of benzene rings is 2. The maximum absolute atomic E-state index is 12.1. The number of nitrogens with two attached hydrogens (primary N) is 1. The van der Waals surface area contributed by atoms with Crippen molar-refractivity contribution in [1.82, 2.24) is 0 Å². The molecule has 0 bridgehead atoms. The zero-order chi connectivity index (χ0) is 15.5. The zero-order valence-corrected chi connectivity index (χ0v) is 11.7. The average Bonchev–Trinajstić information content (AvgIpc) is 2.41. The number of ether oxygens (including phenoxy) is 1. The van der Waals surface area contributed by atoms with Crippen LogP contribution in [0.3, 0.4) is 0 Å². The third-order valence-electron chi connectivity index (χ3n) is 2.88. The van der Waals surface area contributed by atoms with E-state index in [1.54, 1.807) is 18.2 Å². The van der Waals surface area contributed by atoms with Crippen LogP contribution >= 0.6 is 11.6 Å². The van der Waals surface area contributed by atoms with E-state index in [1.807, 2.05) is 12.1 Å². The quantitative estimate of drug-likeness (QED) is 0.907. The van der Waals surface area contributed by atoms with Crippen LogP contribution < -0.4 is 10.5 Å². The molecule has 0 aliphatic rings. The van der Waals surface area contributed by atoms with Crippen LogP contribution in [0.4, 0.5) is 13.2 Å². The maximum Gasteiger partial charge on any atom is 0.573 e. The first kappa shape index (κ1) is 15.7. The Morgan fingerprint density at radius 3 is 2.19 bits per heavy atom. The smallest absolute Gasteiger partial charge is 0.406 e. The molecule has 6 heteroatoms. The minimum atomic E-state index is -4.68. The predicted molar refractivity (Wildman–Crippen MR) is 76.3 cm³/mol. The van der Waals surface area contributed by atoms with Gasteiger partial charge < -0.3 is 10.5 Å². The Kier molecular flexibility index (Phi) is 4.75. The molecule has 2 N–H and O–H groups in total. The third kappa shape index (κ3) is 4.37. The highest BCUT2D eigenvalue weighted by Crippen LogP contribution is 2.28. The van der Waals surface area contributed by atoms with Gasteiger partial charge in [0.25, 0.3) is 0 Å². The SMILES string of the molecule is NCCc1cc(-c2ccc(OC(F)(F)F)cc2)ccc1Cl. The monoisotopic (exact) mass is 315 g/mol. The lowest BCUT2D eigenvalue weighted by molar-refractivity contribution is -0.274. The molecular weight excluding hydrogens is 303 g/mol. The number of hydrogen-bond donors (Lipinski definition) is 1. The summed E-state index contributed by atoms with van der Waals surface area (Å²) in [6.45, 7) is 0.474. The molecular formula is C15H13ClF3NO. The molecule has 0 aliphatic heterocycles. The Balaban J connectivity index is 2.24. The van der Waals surface area contributed by atoms with E-state index in [0.29, 0.717) is 18.0 Å². The van der Waals surface area contributed by atoms with Crippen LogP contribution in [0.5, 0.6) is 5.75 Å². The summed E-state index contributed by atoms with van der Waals surface area (Å²) in [5.41, 5.74) is 8.06. The Bertz CT molecular complexity index is 611. The molecule has 0 aliphatic carbocycles. The molecule has 0 fully saturated rings. The molecule has 0 amide bonds. The van der Waals surface area contributed by atoms with Crippen molar-refractivity contribution in [3.8, 4) is 16.9 Å². The van der Waals surface area contributed by atoms with Gasteiger partial charge in [0.1, 0.15) is 5.75 Å². The molecule has 0 unspecified atom stereocenters. The summed E-state index contributed by atoms with van der Waals surface area (Å²) in [4.78, 5) is 0. The molecule has 112 valence electrons. The lowest BCUT2D eigenvalue weighted by Crippen LogP contribution is -2.16. The highest BCUT2D eigenvalue weighted by molar-refractivity contribution is 6.31. The molecule has 2 rings (SSSR count). The van der Waals surface area contributed by atoms with E-state index in [2.05, 4.69) is 4.74 Å². The molecule has 0 heterocycles. The summed E-state index contributed by atoms with van der Waals surface area (Å²) < 4.78 is 40.1. The minimum absolute atomic E-state index is 0.248. The second-order valence-electron chi connectivity index (χ2n) is 4.42. The Morgan fingerprint density at radius 2 is 1.62 bits per heavy atom. The minimum Gasteiger partial charge on any atom is -0.406 e. The molecule has 0 spiro atoms. The fourth-order valence-corrected chi connectivity index (χ4v) is 2.16. The number of alkyl halides is 3. The van der Waals surface area contributed by atoms with Gasteiger partial charge in [0, 0.05) is 5.02 Å². The van der Waals surface area contributed by atoms with Crippen LogP contribution in [0.2, 0.25) is 5.02 Å². The van der Waals surface area contributed by atoms with Crippen molar-refractivity contribution in [2.45, 2.75) is 12.8 Å². The molecule has 0 radical (unpaired) electrons. The molecule has 2 aromatic carbocycles. The molecule has 0 atom stereocenters. The van der Waals surface area contributed by atoms with Crippen molar-refractivity contribution in [2.24, 2.45) is 5.73 Å². The van der Waals surface area contributed by atoms with E-state index in [9.17, 15) is 13.2 Å². The molecule has 2 aromatic rings. The lowest BCUT2D eigenvalue weighted by Gasteiger charge is -2.10. The van der Waals surface area contributed by atoms with Crippen LogP contribution in [0.1, 0.15) is 5.56 Å². The van der Waals surface area contributed by atoms with Crippen molar-refractivity contribution < 1.29 is 17.9 Å². The van der Waals surface area contributed by atoms with Gasteiger partial charge in [-0.3, -0.25) is 0 Å². The summed E-state index contributed by atoms with van der Waals surface area (Å²) in [6.07, 6.45) is -4.04. The van der Waals surface area contributed by atoms with Gasteiger partial charge in [-0.25, -0.2) is 0 Å². The van der Waals surface area contributed by atoms with Crippen LogP contribution in [0.15, 0.2) is 42.5 Å². The van der Waals surface area contributed by atoms with E-state index in [-0.39, 0.29) is 5.75 Å². The molecule has 2 nitrogen and oxygen atoms in total.